The molecule has 0 bridgehead atoms. The predicted molar refractivity (Wildman–Crippen MR) is 147 cm³/mol. The lowest BCUT2D eigenvalue weighted by Gasteiger charge is -2.09. The highest BCUT2D eigenvalue weighted by Gasteiger charge is 2.10. The van der Waals surface area contributed by atoms with Gasteiger partial charge in [0, 0.05) is 0 Å². The Morgan fingerprint density at radius 3 is 2.38 bits per heavy atom. The second-order valence-corrected chi connectivity index (χ2v) is 8.81. The Balaban J connectivity index is 1.24. The van der Waals surface area contributed by atoms with Crippen molar-refractivity contribution in [3.05, 3.63) is 101 Å². The number of amides is 1. The minimum atomic E-state index is -0.464. The van der Waals surface area contributed by atoms with E-state index in [1.165, 1.54) is 6.21 Å². The van der Waals surface area contributed by atoms with Gasteiger partial charge in [0.05, 0.1) is 22.9 Å². The number of hydrogen-bond donors (Lipinski definition) is 1. The lowest BCUT2D eigenvalue weighted by molar-refractivity contribution is -0.123. The van der Waals surface area contributed by atoms with E-state index < -0.39 is 11.9 Å². The van der Waals surface area contributed by atoms with Crippen LogP contribution >= 0.6 is 15.9 Å². The molecule has 4 aromatic carbocycles. The highest BCUT2D eigenvalue weighted by Crippen LogP contribution is 2.32. The van der Waals surface area contributed by atoms with Crippen molar-refractivity contribution in [3.63, 3.8) is 0 Å². The minimum Gasteiger partial charge on any atom is -0.494 e. The van der Waals surface area contributed by atoms with Crippen LogP contribution in [0.1, 0.15) is 29.3 Å². The molecule has 0 heterocycles. The first-order chi connectivity index (χ1) is 18.0. The van der Waals surface area contributed by atoms with Gasteiger partial charge in [-0.15, -0.1) is 0 Å². The molecule has 1 N–H and O–H groups in total. The molecule has 0 aliphatic rings. The maximum Gasteiger partial charge on any atom is 0.343 e. The van der Waals surface area contributed by atoms with Crippen LogP contribution in [0.15, 0.2) is 94.5 Å². The fourth-order valence-electron chi connectivity index (χ4n) is 3.37. The summed E-state index contributed by atoms with van der Waals surface area (Å²) in [5.74, 6) is 0.819. The van der Waals surface area contributed by atoms with E-state index in [9.17, 15) is 9.59 Å². The number of benzene rings is 4. The zero-order valence-corrected chi connectivity index (χ0v) is 21.7. The average Bonchev–Trinajstić information content (AvgIpc) is 2.93. The van der Waals surface area contributed by atoms with Crippen LogP contribution in [0.4, 0.5) is 0 Å². The number of esters is 1. The van der Waals surface area contributed by atoms with Gasteiger partial charge >= 0.3 is 5.97 Å². The van der Waals surface area contributed by atoms with Crippen LogP contribution in [0, 0.1) is 0 Å². The van der Waals surface area contributed by atoms with Gasteiger partial charge in [-0.2, -0.15) is 5.10 Å². The van der Waals surface area contributed by atoms with Gasteiger partial charge in [-0.1, -0.05) is 37.3 Å². The maximum absolute atomic E-state index is 12.4. The van der Waals surface area contributed by atoms with Crippen molar-refractivity contribution in [2.24, 2.45) is 5.10 Å². The maximum atomic E-state index is 12.4. The van der Waals surface area contributed by atoms with Crippen molar-refractivity contribution in [1.82, 2.24) is 5.43 Å². The Kier molecular flexibility index (Phi) is 8.89. The second kappa shape index (κ2) is 12.7. The summed E-state index contributed by atoms with van der Waals surface area (Å²) in [6.07, 6.45) is 2.40. The average molecular weight is 561 g/mol. The molecule has 0 atom stereocenters. The number of hydrazone groups is 1. The molecule has 7 nitrogen and oxygen atoms in total. The van der Waals surface area contributed by atoms with E-state index in [1.807, 2.05) is 43.3 Å². The number of rotatable bonds is 10. The van der Waals surface area contributed by atoms with Gasteiger partial charge in [0.25, 0.3) is 5.91 Å². The van der Waals surface area contributed by atoms with Crippen LogP contribution in [0.25, 0.3) is 10.8 Å². The van der Waals surface area contributed by atoms with E-state index in [2.05, 4.69) is 26.5 Å². The lowest BCUT2D eigenvalue weighted by atomic mass is 10.1. The molecule has 4 rings (SSSR count). The number of nitrogens with one attached hydrogen (secondary N) is 1. The fraction of sp³-hybridized carbons (Fsp3) is 0.138. The first-order valence-electron chi connectivity index (χ1n) is 11.7. The number of ether oxygens (including phenoxy) is 3. The van der Waals surface area contributed by atoms with Crippen molar-refractivity contribution >= 4 is 44.8 Å². The molecule has 0 radical (unpaired) electrons. The molecule has 188 valence electrons. The zero-order chi connectivity index (χ0) is 26.0. The Labute approximate surface area is 223 Å². The number of nitrogens with zero attached hydrogens (tertiary/aromatic N) is 1. The molecule has 0 aliphatic heterocycles. The summed E-state index contributed by atoms with van der Waals surface area (Å²) in [6, 6.07) is 25.2. The van der Waals surface area contributed by atoms with Crippen LogP contribution in [-0.4, -0.2) is 31.3 Å². The van der Waals surface area contributed by atoms with E-state index in [0.717, 1.165) is 27.2 Å². The number of hydrogen-bond acceptors (Lipinski definition) is 6. The summed E-state index contributed by atoms with van der Waals surface area (Å²) >= 11 is 3.54. The topological polar surface area (TPSA) is 86.2 Å². The van der Waals surface area contributed by atoms with Gasteiger partial charge in [-0.25, -0.2) is 10.2 Å². The molecule has 0 saturated heterocycles. The molecule has 0 aliphatic carbocycles. The number of carbonyl (C=O) groups is 2. The summed E-state index contributed by atoms with van der Waals surface area (Å²) in [7, 11) is 0. The molecule has 37 heavy (non-hydrogen) atoms. The summed E-state index contributed by atoms with van der Waals surface area (Å²) in [5, 5.41) is 6.03. The third-order valence-electron chi connectivity index (χ3n) is 5.24. The van der Waals surface area contributed by atoms with Crippen LogP contribution in [0.5, 0.6) is 17.2 Å². The quantitative estimate of drug-likeness (QED) is 0.109. The summed E-state index contributed by atoms with van der Waals surface area (Å²) < 4.78 is 17.4. The summed E-state index contributed by atoms with van der Waals surface area (Å²) in [4.78, 5) is 24.5. The van der Waals surface area contributed by atoms with Gasteiger partial charge in [-0.05, 0) is 93.3 Å². The van der Waals surface area contributed by atoms with Crippen LogP contribution in [0.2, 0.25) is 0 Å². The third-order valence-corrected chi connectivity index (χ3v) is 6.06. The first kappa shape index (κ1) is 25.9. The fourth-order valence-corrected chi connectivity index (χ4v) is 3.98. The van der Waals surface area contributed by atoms with Gasteiger partial charge in [-0.3, -0.25) is 4.79 Å². The predicted octanol–water partition coefficient (Wildman–Crippen LogP) is 6.14. The Hall–Kier alpha value is -4.17. The Morgan fingerprint density at radius 1 is 0.892 bits per heavy atom. The molecular formula is C29H25BrN2O5. The van der Waals surface area contributed by atoms with Crippen molar-refractivity contribution in [3.8, 4) is 17.2 Å². The smallest absolute Gasteiger partial charge is 0.343 e. The van der Waals surface area contributed by atoms with Crippen molar-refractivity contribution < 1.29 is 23.8 Å². The molecular weight excluding hydrogens is 536 g/mol. The largest absolute Gasteiger partial charge is 0.494 e. The number of fused-ring (bicyclic) bond motifs is 1. The molecule has 1 amide bonds. The molecule has 0 fully saturated rings. The SMILES string of the molecule is CCCOc1ccc(C(=O)Oc2ccc(/C=N\NC(=O)COc3ccc4ccccc4c3Br)cc2)cc1. The zero-order valence-electron chi connectivity index (χ0n) is 20.1. The van der Waals surface area contributed by atoms with Crippen molar-refractivity contribution in [2.75, 3.05) is 13.2 Å². The molecule has 0 aromatic heterocycles. The highest BCUT2D eigenvalue weighted by molar-refractivity contribution is 9.10. The molecule has 0 unspecified atom stereocenters. The Bertz CT molecular complexity index is 1400. The normalized spacial score (nSPS) is 10.9. The van der Waals surface area contributed by atoms with Gasteiger partial charge in [0.15, 0.2) is 6.61 Å². The lowest BCUT2D eigenvalue weighted by Crippen LogP contribution is -2.24. The van der Waals surface area contributed by atoms with Gasteiger partial charge in [0.2, 0.25) is 0 Å². The van der Waals surface area contributed by atoms with Crippen LogP contribution in [-0.2, 0) is 4.79 Å². The highest BCUT2D eigenvalue weighted by atomic mass is 79.9. The van der Waals surface area contributed by atoms with E-state index in [-0.39, 0.29) is 6.61 Å². The van der Waals surface area contributed by atoms with E-state index in [4.69, 9.17) is 14.2 Å². The standard InChI is InChI=1S/C29H25BrN2O5/c1-2-17-35-23-14-9-22(10-15-23)29(34)37-24-12-7-20(8-13-24)18-31-32-27(33)19-36-26-16-11-21-5-3-4-6-25(21)28(26)30/h3-16,18H,2,17,19H2,1H3,(H,32,33)/b31-18-. The van der Waals surface area contributed by atoms with Crippen molar-refractivity contribution in [2.45, 2.75) is 13.3 Å². The van der Waals surface area contributed by atoms with Crippen molar-refractivity contribution in [1.29, 1.82) is 0 Å². The first-order valence-corrected chi connectivity index (χ1v) is 12.5. The third kappa shape index (κ3) is 7.17. The molecule has 8 heteroatoms. The van der Waals surface area contributed by atoms with Crippen LogP contribution < -0.4 is 19.6 Å². The number of carbonyl (C=O) groups excluding carboxylic acids is 2. The van der Waals surface area contributed by atoms with Gasteiger partial charge in [0.1, 0.15) is 17.2 Å². The monoisotopic (exact) mass is 560 g/mol. The van der Waals surface area contributed by atoms with Gasteiger partial charge < -0.3 is 14.2 Å². The van der Waals surface area contributed by atoms with E-state index in [1.54, 1.807) is 48.5 Å². The van der Waals surface area contributed by atoms with E-state index >= 15 is 0 Å². The summed E-state index contributed by atoms with van der Waals surface area (Å²) in [6.45, 7) is 2.47. The van der Waals surface area contributed by atoms with Crippen LogP contribution in [0.3, 0.4) is 0 Å². The molecule has 0 spiro atoms. The Morgan fingerprint density at radius 2 is 1.62 bits per heavy atom. The number of halogens is 1. The summed E-state index contributed by atoms with van der Waals surface area (Å²) in [5.41, 5.74) is 3.58. The van der Waals surface area contributed by atoms with E-state index in [0.29, 0.717) is 29.4 Å². The molecule has 4 aromatic rings. The minimum absolute atomic E-state index is 0.186. The second-order valence-electron chi connectivity index (χ2n) is 8.01. The molecule has 0 saturated carbocycles.